The number of carbonyl (C=O) groups is 1. The molecule has 3 rings (SSSR count). The van der Waals surface area contributed by atoms with Gasteiger partial charge in [-0.05, 0) is 43.1 Å². The Hall–Kier alpha value is -1.35. The SMILES string of the molecule is CN=C(NCC(C)(C)CCCc1ccccc1)N1CCC(C(=O)N2CCOCC2)CC1.I. The molecule has 0 bridgehead atoms. The van der Waals surface area contributed by atoms with Crippen LogP contribution in [0.2, 0.25) is 0 Å². The zero-order chi connectivity index (χ0) is 22.1. The number of nitrogens with one attached hydrogen (secondary N) is 1. The van der Waals surface area contributed by atoms with Crippen molar-refractivity contribution in [2.75, 3.05) is 53.0 Å². The normalized spacial score (nSPS) is 18.3. The second kappa shape index (κ2) is 13.4. The minimum absolute atomic E-state index is 0. The highest BCUT2D eigenvalue weighted by atomic mass is 127. The van der Waals surface area contributed by atoms with Crippen LogP contribution in [0.4, 0.5) is 0 Å². The molecule has 1 aromatic rings. The van der Waals surface area contributed by atoms with Gasteiger partial charge in [0.1, 0.15) is 0 Å². The van der Waals surface area contributed by atoms with Crippen LogP contribution in [-0.4, -0.2) is 74.7 Å². The van der Waals surface area contributed by atoms with Crippen LogP contribution in [0, 0.1) is 11.3 Å². The zero-order valence-corrected chi connectivity index (χ0v) is 22.3. The smallest absolute Gasteiger partial charge is 0.225 e. The number of piperidine rings is 1. The minimum Gasteiger partial charge on any atom is -0.378 e. The van der Waals surface area contributed by atoms with E-state index in [2.05, 4.69) is 59.4 Å². The predicted molar refractivity (Wildman–Crippen MR) is 142 cm³/mol. The molecule has 0 radical (unpaired) electrons. The third-order valence-electron chi connectivity index (χ3n) is 6.57. The Morgan fingerprint density at radius 2 is 1.75 bits per heavy atom. The number of nitrogens with zero attached hydrogens (tertiary/aromatic N) is 3. The van der Waals surface area contributed by atoms with Crippen molar-refractivity contribution >= 4 is 35.8 Å². The van der Waals surface area contributed by atoms with Crippen molar-refractivity contribution in [1.29, 1.82) is 0 Å². The molecule has 0 unspecified atom stereocenters. The first kappa shape index (κ1) is 26.9. The van der Waals surface area contributed by atoms with Crippen molar-refractivity contribution in [3.05, 3.63) is 35.9 Å². The van der Waals surface area contributed by atoms with Gasteiger partial charge >= 0.3 is 0 Å². The Balaban J connectivity index is 0.00000363. The molecule has 0 atom stereocenters. The molecule has 2 fully saturated rings. The van der Waals surface area contributed by atoms with Crippen LogP contribution in [0.15, 0.2) is 35.3 Å². The fourth-order valence-electron chi connectivity index (χ4n) is 4.53. The number of benzene rings is 1. The first-order valence-electron chi connectivity index (χ1n) is 11.8. The van der Waals surface area contributed by atoms with Crippen molar-refractivity contribution in [3.63, 3.8) is 0 Å². The van der Waals surface area contributed by atoms with Gasteiger partial charge in [-0.2, -0.15) is 0 Å². The Bertz CT molecular complexity index is 712. The summed E-state index contributed by atoms with van der Waals surface area (Å²) in [5, 5.41) is 3.60. The summed E-state index contributed by atoms with van der Waals surface area (Å²) in [6, 6.07) is 10.7. The third kappa shape index (κ3) is 8.21. The highest BCUT2D eigenvalue weighted by molar-refractivity contribution is 14.0. The fourth-order valence-corrected chi connectivity index (χ4v) is 4.53. The molecule has 180 valence electrons. The lowest BCUT2D eigenvalue weighted by molar-refractivity contribution is -0.140. The number of amides is 1. The zero-order valence-electron chi connectivity index (χ0n) is 20.0. The van der Waals surface area contributed by atoms with Gasteiger partial charge in [0, 0.05) is 45.7 Å². The molecule has 6 nitrogen and oxygen atoms in total. The summed E-state index contributed by atoms with van der Waals surface area (Å²) in [6.45, 7) is 10.1. The third-order valence-corrected chi connectivity index (χ3v) is 6.57. The molecule has 1 N–H and O–H groups in total. The minimum atomic E-state index is 0. The van der Waals surface area contributed by atoms with E-state index in [-0.39, 0.29) is 35.3 Å². The number of carbonyl (C=O) groups excluding carboxylic acids is 1. The summed E-state index contributed by atoms with van der Waals surface area (Å²) in [7, 11) is 1.86. The van der Waals surface area contributed by atoms with Crippen LogP contribution in [0.5, 0.6) is 0 Å². The number of aryl methyl sites for hydroxylation is 1. The van der Waals surface area contributed by atoms with Gasteiger partial charge < -0.3 is 19.9 Å². The van der Waals surface area contributed by atoms with Crippen molar-refractivity contribution < 1.29 is 9.53 Å². The first-order valence-corrected chi connectivity index (χ1v) is 11.8. The predicted octanol–water partition coefficient (Wildman–Crippen LogP) is 3.80. The highest BCUT2D eigenvalue weighted by Gasteiger charge is 2.30. The molecular weight excluding hydrogens is 515 g/mol. The summed E-state index contributed by atoms with van der Waals surface area (Å²) in [5.41, 5.74) is 1.62. The molecule has 2 aliphatic heterocycles. The van der Waals surface area contributed by atoms with E-state index in [9.17, 15) is 4.79 Å². The number of morpholine rings is 1. The first-order chi connectivity index (χ1) is 15.0. The summed E-state index contributed by atoms with van der Waals surface area (Å²) in [5.74, 6) is 1.42. The van der Waals surface area contributed by atoms with Crippen LogP contribution in [-0.2, 0) is 16.0 Å². The quantitative estimate of drug-likeness (QED) is 0.316. The van der Waals surface area contributed by atoms with Gasteiger partial charge in [0.2, 0.25) is 5.91 Å². The number of guanidine groups is 1. The Morgan fingerprint density at radius 3 is 2.38 bits per heavy atom. The highest BCUT2D eigenvalue weighted by Crippen LogP contribution is 2.24. The molecule has 0 saturated carbocycles. The van der Waals surface area contributed by atoms with Gasteiger partial charge in [0.15, 0.2) is 5.96 Å². The van der Waals surface area contributed by atoms with Gasteiger partial charge in [0.25, 0.3) is 0 Å². The van der Waals surface area contributed by atoms with Crippen molar-refractivity contribution in [1.82, 2.24) is 15.1 Å². The maximum Gasteiger partial charge on any atom is 0.225 e. The number of aliphatic imine (C=N–C) groups is 1. The summed E-state index contributed by atoms with van der Waals surface area (Å²) >= 11 is 0. The summed E-state index contributed by atoms with van der Waals surface area (Å²) in [6.07, 6.45) is 5.28. The molecule has 2 aliphatic rings. The van der Waals surface area contributed by atoms with Gasteiger partial charge in [-0.25, -0.2) is 0 Å². The molecule has 0 spiro atoms. The molecule has 2 heterocycles. The number of hydrogen-bond acceptors (Lipinski definition) is 3. The molecule has 7 heteroatoms. The lowest BCUT2D eigenvalue weighted by atomic mass is 9.86. The van der Waals surface area contributed by atoms with E-state index < -0.39 is 0 Å². The van der Waals surface area contributed by atoms with Gasteiger partial charge in [-0.3, -0.25) is 9.79 Å². The van der Waals surface area contributed by atoms with E-state index >= 15 is 0 Å². The van der Waals surface area contributed by atoms with Crippen LogP contribution in [0.25, 0.3) is 0 Å². The average molecular weight is 557 g/mol. The molecule has 0 aliphatic carbocycles. The van der Waals surface area contributed by atoms with Crippen LogP contribution >= 0.6 is 24.0 Å². The number of hydrogen-bond donors (Lipinski definition) is 1. The molecule has 1 amide bonds. The topological polar surface area (TPSA) is 57.2 Å². The number of halogens is 1. The Kier molecular flexibility index (Phi) is 11.2. The molecular formula is C25H41IN4O2. The van der Waals surface area contributed by atoms with E-state index in [4.69, 9.17) is 4.74 Å². The lowest BCUT2D eigenvalue weighted by Crippen LogP contribution is -2.51. The van der Waals surface area contributed by atoms with E-state index in [0.29, 0.717) is 19.1 Å². The van der Waals surface area contributed by atoms with Crippen LogP contribution in [0.1, 0.15) is 45.1 Å². The van der Waals surface area contributed by atoms with E-state index in [1.54, 1.807) is 0 Å². The second-order valence-corrected chi connectivity index (χ2v) is 9.60. The molecule has 2 saturated heterocycles. The van der Waals surface area contributed by atoms with Gasteiger partial charge in [-0.1, -0.05) is 44.2 Å². The Labute approximate surface area is 211 Å². The van der Waals surface area contributed by atoms with Gasteiger partial charge in [-0.15, -0.1) is 24.0 Å². The maximum absolute atomic E-state index is 12.8. The lowest BCUT2D eigenvalue weighted by Gasteiger charge is -2.37. The fraction of sp³-hybridized carbons (Fsp3) is 0.680. The van der Waals surface area contributed by atoms with E-state index in [0.717, 1.165) is 57.9 Å². The Morgan fingerprint density at radius 1 is 1.09 bits per heavy atom. The number of rotatable bonds is 7. The second-order valence-electron chi connectivity index (χ2n) is 9.60. The van der Waals surface area contributed by atoms with Crippen LogP contribution < -0.4 is 5.32 Å². The largest absolute Gasteiger partial charge is 0.378 e. The molecule has 1 aromatic carbocycles. The van der Waals surface area contributed by atoms with E-state index in [1.807, 2.05) is 11.9 Å². The number of ether oxygens (including phenoxy) is 1. The summed E-state index contributed by atoms with van der Waals surface area (Å²) < 4.78 is 5.38. The monoisotopic (exact) mass is 556 g/mol. The van der Waals surface area contributed by atoms with Crippen molar-refractivity contribution in [2.24, 2.45) is 16.3 Å². The standard InChI is InChI=1S/C25H40N4O2.HI/c1-25(2,13-7-10-21-8-5-4-6-9-21)20-27-24(26-3)29-14-11-22(12-15-29)23(30)28-16-18-31-19-17-28;/h4-6,8-9,22H,7,10-20H2,1-3H3,(H,26,27);1H. The maximum atomic E-state index is 12.8. The van der Waals surface area contributed by atoms with Crippen LogP contribution in [0.3, 0.4) is 0 Å². The van der Waals surface area contributed by atoms with Gasteiger partial charge in [0.05, 0.1) is 13.2 Å². The van der Waals surface area contributed by atoms with Crippen molar-refractivity contribution in [3.8, 4) is 0 Å². The number of likely N-dealkylation sites (tertiary alicyclic amines) is 1. The summed E-state index contributed by atoms with van der Waals surface area (Å²) in [4.78, 5) is 21.6. The molecule has 0 aromatic heterocycles. The van der Waals surface area contributed by atoms with Crippen molar-refractivity contribution in [2.45, 2.75) is 46.0 Å². The molecule has 32 heavy (non-hydrogen) atoms. The van der Waals surface area contributed by atoms with E-state index in [1.165, 1.54) is 18.4 Å². The average Bonchev–Trinajstić information content (AvgIpc) is 2.80.